The van der Waals surface area contributed by atoms with Gasteiger partial charge in [0, 0.05) is 12.2 Å². The topological polar surface area (TPSA) is 64.1 Å². The van der Waals surface area contributed by atoms with Crippen LogP contribution in [0.3, 0.4) is 0 Å². The molecule has 1 amide bonds. The summed E-state index contributed by atoms with van der Waals surface area (Å²) in [5.74, 6) is 0.842. The summed E-state index contributed by atoms with van der Waals surface area (Å²) in [6.45, 7) is 1.95. The summed E-state index contributed by atoms with van der Waals surface area (Å²) < 4.78 is 6.03. The molecule has 2 heterocycles. The van der Waals surface area contributed by atoms with Gasteiger partial charge in [0.15, 0.2) is 0 Å². The molecule has 22 heavy (non-hydrogen) atoms. The Kier molecular flexibility index (Phi) is 4.68. The quantitative estimate of drug-likeness (QED) is 0.941. The van der Waals surface area contributed by atoms with Crippen molar-refractivity contribution in [3.05, 3.63) is 40.6 Å². The predicted octanol–water partition coefficient (Wildman–Crippen LogP) is 2.97. The van der Waals surface area contributed by atoms with Crippen molar-refractivity contribution in [3.63, 3.8) is 0 Å². The number of amides is 1. The molecule has 2 aromatic rings. The van der Waals surface area contributed by atoms with Crippen LogP contribution < -0.4 is 10.1 Å². The van der Waals surface area contributed by atoms with Gasteiger partial charge in [-0.15, -0.1) is 11.3 Å². The fourth-order valence-corrected chi connectivity index (χ4v) is 3.21. The molecule has 1 fully saturated rings. The maximum atomic E-state index is 12.0. The van der Waals surface area contributed by atoms with Crippen molar-refractivity contribution < 1.29 is 9.53 Å². The molecule has 5 nitrogen and oxygen atoms in total. The number of rotatable bonds is 4. The molecule has 0 saturated heterocycles. The van der Waals surface area contributed by atoms with Crippen LogP contribution in [0.15, 0.2) is 30.0 Å². The van der Waals surface area contributed by atoms with E-state index in [9.17, 15) is 4.79 Å². The zero-order valence-electron chi connectivity index (χ0n) is 12.5. The van der Waals surface area contributed by atoms with Gasteiger partial charge in [0.2, 0.25) is 0 Å². The Morgan fingerprint density at radius 3 is 2.86 bits per heavy atom. The van der Waals surface area contributed by atoms with Crippen molar-refractivity contribution in [3.8, 4) is 5.75 Å². The third-order valence-corrected chi connectivity index (χ3v) is 4.69. The summed E-state index contributed by atoms with van der Waals surface area (Å²) in [6, 6.07) is 4.08. The number of aromatic nitrogens is 2. The maximum Gasteiger partial charge on any atom is 0.263 e. The molecular weight excluding hydrogens is 298 g/mol. The Labute approximate surface area is 133 Å². The molecule has 1 aliphatic rings. The van der Waals surface area contributed by atoms with E-state index in [1.807, 2.05) is 19.1 Å². The lowest BCUT2D eigenvalue weighted by Crippen LogP contribution is -2.39. The van der Waals surface area contributed by atoms with Gasteiger partial charge in [-0.3, -0.25) is 14.8 Å². The van der Waals surface area contributed by atoms with E-state index in [4.69, 9.17) is 4.74 Å². The molecule has 0 aliphatic heterocycles. The minimum Gasteiger partial charge on any atom is -0.489 e. The standard InChI is InChI=1S/C16H19N3O2S/c1-11-14(3-2-8-18-11)21-13-6-4-12(5-7-13)19-16(20)15-9-17-10-22-15/h2-3,8-10,12-13H,4-7H2,1H3,(H,19,20). The van der Waals surface area contributed by atoms with Crippen LogP contribution in [0.5, 0.6) is 5.75 Å². The second kappa shape index (κ2) is 6.87. The molecule has 0 unspecified atom stereocenters. The molecule has 2 aromatic heterocycles. The first-order valence-corrected chi connectivity index (χ1v) is 8.38. The Hall–Kier alpha value is -1.95. The first-order chi connectivity index (χ1) is 10.7. The highest BCUT2D eigenvalue weighted by atomic mass is 32.1. The first kappa shape index (κ1) is 15.0. The molecule has 1 N–H and O–H groups in total. The summed E-state index contributed by atoms with van der Waals surface area (Å²) in [6.07, 6.45) is 7.36. The number of hydrogen-bond acceptors (Lipinski definition) is 5. The van der Waals surface area contributed by atoms with Crippen LogP contribution in [0.4, 0.5) is 0 Å². The third-order valence-electron chi connectivity index (χ3n) is 3.92. The van der Waals surface area contributed by atoms with Crippen LogP contribution in [0.2, 0.25) is 0 Å². The van der Waals surface area contributed by atoms with Crippen LogP contribution in [0.1, 0.15) is 41.0 Å². The van der Waals surface area contributed by atoms with E-state index in [0.717, 1.165) is 37.1 Å². The van der Waals surface area contributed by atoms with E-state index < -0.39 is 0 Å². The van der Waals surface area contributed by atoms with Gasteiger partial charge in [0.05, 0.1) is 23.5 Å². The number of thiazole rings is 1. The van der Waals surface area contributed by atoms with E-state index in [-0.39, 0.29) is 18.1 Å². The van der Waals surface area contributed by atoms with Gasteiger partial charge in [-0.25, -0.2) is 0 Å². The van der Waals surface area contributed by atoms with Crippen molar-refractivity contribution in [2.75, 3.05) is 0 Å². The Bertz CT molecular complexity index is 622. The average Bonchev–Trinajstić information content (AvgIpc) is 3.06. The van der Waals surface area contributed by atoms with E-state index in [1.54, 1.807) is 17.9 Å². The summed E-state index contributed by atoms with van der Waals surface area (Å²) in [7, 11) is 0. The number of nitrogens with one attached hydrogen (secondary N) is 1. The van der Waals surface area contributed by atoms with Gasteiger partial charge in [-0.05, 0) is 44.7 Å². The molecule has 0 radical (unpaired) electrons. The van der Waals surface area contributed by atoms with Crippen molar-refractivity contribution >= 4 is 17.2 Å². The van der Waals surface area contributed by atoms with Gasteiger partial charge < -0.3 is 10.1 Å². The molecule has 0 bridgehead atoms. The second-order valence-electron chi connectivity index (χ2n) is 5.52. The van der Waals surface area contributed by atoms with E-state index >= 15 is 0 Å². The molecule has 0 spiro atoms. The zero-order chi connectivity index (χ0) is 15.4. The van der Waals surface area contributed by atoms with Gasteiger partial charge in [-0.1, -0.05) is 0 Å². The monoisotopic (exact) mass is 317 g/mol. The summed E-state index contributed by atoms with van der Waals surface area (Å²) in [5.41, 5.74) is 2.60. The van der Waals surface area contributed by atoms with Crippen LogP contribution in [0.25, 0.3) is 0 Å². The number of ether oxygens (including phenoxy) is 1. The lowest BCUT2D eigenvalue weighted by atomic mass is 9.93. The van der Waals surface area contributed by atoms with Crippen LogP contribution in [-0.4, -0.2) is 28.0 Å². The number of hydrogen-bond donors (Lipinski definition) is 1. The molecule has 0 aromatic carbocycles. The highest BCUT2D eigenvalue weighted by Gasteiger charge is 2.24. The van der Waals surface area contributed by atoms with E-state index in [2.05, 4.69) is 15.3 Å². The third kappa shape index (κ3) is 3.62. The van der Waals surface area contributed by atoms with Crippen LogP contribution >= 0.6 is 11.3 Å². The number of nitrogens with zero attached hydrogens (tertiary/aromatic N) is 2. The summed E-state index contributed by atoms with van der Waals surface area (Å²) in [4.78, 5) is 20.9. The van der Waals surface area contributed by atoms with Crippen LogP contribution in [0, 0.1) is 6.92 Å². The normalized spacial score (nSPS) is 21.3. The highest BCUT2D eigenvalue weighted by molar-refractivity contribution is 7.11. The van der Waals surface area contributed by atoms with Gasteiger partial charge in [0.25, 0.3) is 5.91 Å². The van der Waals surface area contributed by atoms with Gasteiger partial charge in [-0.2, -0.15) is 0 Å². The fourth-order valence-electron chi connectivity index (χ4n) is 2.68. The van der Waals surface area contributed by atoms with E-state index in [1.165, 1.54) is 11.3 Å². The maximum absolute atomic E-state index is 12.0. The largest absolute Gasteiger partial charge is 0.489 e. The Morgan fingerprint density at radius 2 is 2.18 bits per heavy atom. The molecule has 6 heteroatoms. The Balaban J connectivity index is 1.48. The SMILES string of the molecule is Cc1ncccc1OC1CCC(NC(=O)c2cncs2)CC1. The smallest absolute Gasteiger partial charge is 0.263 e. The molecule has 116 valence electrons. The van der Waals surface area contributed by atoms with Crippen LogP contribution in [-0.2, 0) is 0 Å². The van der Waals surface area contributed by atoms with Crippen molar-refractivity contribution in [2.45, 2.75) is 44.8 Å². The second-order valence-corrected chi connectivity index (χ2v) is 6.40. The summed E-state index contributed by atoms with van der Waals surface area (Å²) >= 11 is 1.37. The lowest BCUT2D eigenvalue weighted by molar-refractivity contribution is 0.0897. The number of pyridine rings is 1. The molecule has 0 atom stereocenters. The average molecular weight is 317 g/mol. The molecule has 1 aliphatic carbocycles. The molecule has 1 saturated carbocycles. The Morgan fingerprint density at radius 1 is 1.36 bits per heavy atom. The number of aryl methyl sites for hydroxylation is 1. The van der Waals surface area contributed by atoms with Gasteiger partial charge >= 0.3 is 0 Å². The van der Waals surface area contributed by atoms with Crippen molar-refractivity contribution in [1.82, 2.24) is 15.3 Å². The highest BCUT2D eigenvalue weighted by Crippen LogP contribution is 2.25. The molecular formula is C16H19N3O2S. The summed E-state index contributed by atoms with van der Waals surface area (Å²) in [5, 5.41) is 3.08. The lowest BCUT2D eigenvalue weighted by Gasteiger charge is -2.29. The molecule has 3 rings (SSSR count). The first-order valence-electron chi connectivity index (χ1n) is 7.50. The number of carbonyl (C=O) groups is 1. The van der Waals surface area contributed by atoms with Crippen molar-refractivity contribution in [2.24, 2.45) is 0 Å². The van der Waals surface area contributed by atoms with E-state index in [0.29, 0.717) is 4.88 Å². The fraction of sp³-hybridized carbons (Fsp3) is 0.438. The minimum atomic E-state index is -0.0185. The number of carbonyl (C=O) groups excluding carboxylic acids is 1. The predicted molar refractivity (Wildman–Crippen MR) is 85.2 cm³/mol. The van der Waals surface area contributed by atoms with Gasteiger partial charge in [0.1, 0.15) is 10.6 Å². The zero-order valence-corrected chi connectivity index (χ0v) is 13.3. The van der Waals surface area contributed by atoms with Crippen molar-refractivity contribution in [1.29, 1.82) is 0 Å². The minimum absolute atomic E-state index is 0.0185.